The molecule has 0 spiro atoms. The molecule has 0 bridgehead atoms. The van der Waals surface area contributed by atoms with Crippen LogP contribution < -0.4 is 0 Å². The molecule has 0 aliphatic heterocycles. The summed E-state index contributed by atoms with van der Waals surface area (Å²) in [6, 6.07) is 7.94. The van der Waals surface area contributed by atoms with Crippen LogP contribution in [0.2, 0.25) is 0 Å². The van der Waals surface area contributed by atoms with Gasteiger partial charge in [-0.1, -0.05) is 24.3 Å². The second-order valence-corrected chi connectivity index (χ2v) is 5.92. The van der Waals surface area contributed by atoms with Gasteiger partial charge in [0, 0.05) is 23.0 Å². The molecule has 1 fully saturated rings. The molecule has 1 saturated carbocycles. The summed E-state index contributed by atoms with van der Waals surface area (Å²) in [5.74, 6) is 0.704. The molecular weight excluding hydrogens is 220 g/mol. The second-order valence-electron chi connectivity index (χ2n) is 4.30. The van der Waals surface area contributed by atoms with Crippen molar-refractivity contribution in [3.05, 3.63) is 35.4 Å². The number of ketones is 1. The van der Waals surface area contributed by atoms with Crippen LogP contribution in [0.4, 0.5) is 0 Å². The van der Waals surface area contributed by atoms with E-state index in [0.717, 1.165) is 24.0 Å². The first-order valence-electron chi connectivity index (χ1n) is 5.63. The molecule has 2 atom stereocenters. The Bertz CT molecular complexity index is 426. The van der Waals surface area contributed by atoms with Crippen LogP contribution in [-0.2, 0) is 21.3 Å². The van der Waals surface area contributed by atoms with Crippen LogP contribution in [0.5, 0.6) is 0 Å². The lowest BCUT2D eigenvalue weighted by molar-refractivity contribution is -0.117. The van der Waals surface area contributed by atoms with E-state index in [1.165, 1.54) is 0 Å². The fraction of sp³-hybridized carbons (Fsp3) is 0.462. The summed E-state index contributed by atoms with van der Waals surface area (Å²) in [5, 5.41) is -0.209. The second kappa shape index (κ2) is 4.91. The average molecular weight is 236 g/mol. The molecule has 0 N–H and O–H groups in total. The van der Waals surface area contributed by atoms with Crippen LogP contribution in [0.15, 0.2) is 24.3 Å². The molecule has 0 heterocycles. The normalized spacial score (nSPS) is 22.3. The Morgan fingerprint density at radius 1 is 1.38 bits per heavy atom. The fourth-order valence-electron chi connectivity index (χ4n) is 2.09. The molecule has 2 unspecified atom stereocenters. The van der Waals surface area contributed by atoms with Crippen molar-refractivity contribution >= 4 is 16.6 Å². The van der Waals surface area contributed by atoms with Crippen LogP contribution in [0, 0.1) is 6.92 Å². The maximum Gasteiger partial charge on any atom is 0.148 e. The third-order valence-corrected chi connectivity index (χ3v) is 4.85. The summed E-state index contributed by atoms with van der Waals surface area (Å²) in [4.78, 5) is 11.5. The molecule has 1 aromatic carbocycles. The first-order valence-corrected chi connectivity index (χ1v) is 7.01. The Morgan fingerprint density at radius 3 is 2.75 bits per heavy atom. The van der Waals surface area contributed by atoms with Gasteiger partial charge >= 0.3 is 0 Å². The van der Waals surface area contributed by atoms with Gasteiger partial charge in [0.2, 0.25) is 0 Å². The van der Waals surface area contributed by atoms with Crippen molar-refractivity contribution in [2.75, 3.05) is 0 Å². The number of carbonyl (C=O) groups excluding carboxylic acids is 1. The molecule has 16 heavy (non-hydrogen) atoms. The van der Waals surface area contributed by atoms with E-state index < -0.39 is 10.8 Å². The molecule has 1 aliphatic carbocycles. The predicted octanol–water partition coefficient (Wildman–Crippen LogP) is 2.37. The summed E-state index contributed by atoms with van der Waals surface area (Å²) < 4.78 is 12.1. The molecule has 1 aliphatic rings. The van der Waals surface area contributed by atoms with Gasteiger partial charge in [-0.25, -0.2) is 0 Å². The van der Waals surface area contributed by atoms with Crippen LogP contribution in [0.3, 0.4) is 0 Å². The lowest BCUT2D eigenvalue weighted by Crippen LogP contribution is -2.21. The monoisotopic (exact) mass is 236 g/mol. The van der Waals surface area contributed by atoms with E-state index in [-0.39, 0.29) is 11.0 Å². The van der Waals surface area contributed by atoms with Gasteiger partial charge in [0.05, 0.1) is 5.25 Å². The zero-order valence-corrected chi connectivity index (χ0v) is 10.3. The molecular formula is C13H16O2S. The molecule has 3 heteroatoms. The molecule has 0 saturated heterocycles. The third kappa shape index (κ3) is 2.40. The van der Waals surface area contributed by atoms with Gasteiger partial charge in [-0.15, -0.1) is 0 Å². The average Bonchev–Trinajstić information content (AvgIpc) is 2.68. The molecule has 0 aromatic heterocycles. The highest BCUT2D eigenvalue weighted by Gasteiger charge is 2.29. The Balaban J connectivity index is 2.08. The lowest BCUT2D eigenvalue weighted by atomic mass is 10.1. The largest absolute Gasteiger partial charge is 0.298 e. The maximum atomic E-state index is 12.1. The van der Waals surface area contributed by atoms with Gasteiger partial charge in [-0.3, -0.25) is 9.00 Å². The first kappa shape index (κ1) is 11.5. The Morgan fingerprint density at radius 2 is 2.12 bits per heavy atom. The molecule has 1 aromatic rings. The molecule has 2 rings (SSSR count). The van der Waals surface area contributed by atoms with E-state index in [0.29, 0.717) is 12.2 Å². The van der Waals surface area contributed by atoms with Gasteiger partial charge in [0.15, 0.2) is 0 Å². The summed E-state index contributed by atoms with van der Waals surface area (Å²) in [6.07, 6.45) is 2.32. The fourth-order valence-corrected chi connectivity index (χ4v) is 3.76. The number of rotatable bonds is 3. The van der Waals surface area contributed by atoms with Crippen molar-refractivity contribution in [1.29, 1.82) is 0 Å². The van der Waals surface area contributed by atoms with E-state index in [1.807, 2.05) is 31.2 Å². The standard InChI is InChI=1S/C13H16O2S/c1-10-5-2-3-6-11(10)9-16(15)13-8-4-7-12(13)14/h2-3,5-6,13H,4,7-9H2,1H3. The number of hydrogen-bond donors (Lipinski definition) is 0. The summed E-state index contributed by atoms with van der Waals surface area (Å²) >= 11 is 0. The number of carbonyl (C=O) groups is 1. The molecule has 0 radical (unpaired) electrons. The number of Topliss-reactive ketones (excluding diaryl/α,β-unsaturated/α-hetero) is 1. The smallest absolute Gasteiger partial charge is 0.148 e. The number of hydrogen-bond acceptors (Lipinski definition) is 2. The van der Waals surface area contributed by atoms with Crippen molar-refractivity contribution in [3.8, 4) is 0 Å². The van der Waals surface area contributed by atoms with Crippen LogP contribution in [-0.4, -0.2) is 15.2 Å². The van der Waals surface area contributed by atoms with Crippen LogP contribution in [0.25, 0.3) is 0 Å². The highest BCUT2D eigenvalue weighted by Crippen LogP contribution is 2.22. The van der Waals surface area contributed by atoms with Gasteiger partial charge in [-0.2, -0.15) is 0 Å². The highest BCUT2D eigenvalue weighted by molar-refractivity contribution is 7.85. The van der Waals surface area contributed by atoms with Crippen molar-refractivity contribution in [2.45, 2.75) is 37.2 Å². The van der Waals surface area contributed by atoms with Crippen molar-refractivity contribution < 1.29 is 9.00 Å². The minimum Gasteiger partial charge on any atom is -0.298 e. The lowest BCUT2D eigenvalue weighted by Gasteiger charge is -2.09. The minimum absolute atomic E-state index is 0.187. The third-order valence-electron chi connectivity index (χ3n) is 3.12. The molecule has 86 valence electrons. The topological polar surface area (TPSA) is 34.1 Å². The van der Waals surface area contributed by atoms with Crippen molar-refractivity contribution in [3.63, 3.8) is 0 Å². The predicted molar refractivity (Wildman–Crippen MR) is 65.7 cm³/mol. The highest BCUT2D eigenvalue weighted by atomic mass is 32.2. The van der Waals surface area contributed by atoms with Gasteiger partial charge in [0.1, 0.15) is 5.78 Å². The number of aryl methyl sites for hydroxylation is 1. The van der Waals surface area contributed by atoms with Gasteiger partial charge in [0.25, 0.3) is 0 Å². The van der Waals surface area contributed by atoms with E-state index in [9.17, 15) is 9.00 Å². The zero-order valence-electron chi connectivity index (χ0n) is 9.44. The van der Waals surface area contributed by atoms with Crippen LogP contribution in [0.1, 0.15) is 30.4 Å². The van der Waals surface area contributed by atoms with E-state index >= 15 is 0 Å². The van der Waals surface area contributed by atoms with E-state index in [2.05, 4.69) is 0 Å². The molecule has 2 nitrogen and oxygen atoms in total. The van der Waals surface area contributed by atoms with Crippen molar-refractivity contribution in [1.82, 2.24) is 0 Å². The molecule has 0 amide bonds. The van der Waals surface area contributed by atoms with E-state index in [4.69, 9.17) is 0 Å². The summed E-state index contributed by atoms with van der Waals surface area (Å²) in [6.45, 7) is 2.02. The number of benzene rings is 1. The van der Waals surface area contributed by atoms with E-state index in [1.54, 1.807) is 0 Å². The van der Waals surface area contributed by atoms with Crippen molar-refractivity contribution in [2.24, 2.45) is 0 Å². The quantitative estimate of drug-likeness (QED) is 0.807. The van der Waals surface area contributed by atoms with Crippen LogP contribution >= 0.6 is 0 Å². The Kier molecular flexibility index (Phi) is 3.54. The Hall–Kier alpha value is -0.960. The first-order chi connectivity index (χ1) is 7.68. The SMILES string of the molecule is Cc1ccccc1CS(=O)C1CCCC1=O. The summed E-state index contributed by atoms with van der Waals surface area (Å²) in [5.41, 5.74) is 2.25. The Labute approximate surface area is 98.5 Å². The van der Waals surface area contributed by atoms with Gasteiger partial charge < -0.3 is 0 Å². The maximum absolute atomic E-state index is 12.1. The zero-order chi connectivity index (χ0) is 11.5. The minimum atomic E-state index is -1.04. The van der Waals surface area contributed by atoms with Gasteiger partial charge in [-0.05, 0) is 30.9 Å². The summed E-state index contributed by atoms with van der Waals surface area (Å²) in [7, 11) is -1.04.